The molecule has 3 heteroatoms. The van der Waals surface area contributed by atoms with E-state index in [-0.39, 0.29) is 5.54 Å². The molecule has 0 bridgehead atoms. The highest BCUT2D eigenvalue weighted by Crippen LogP contribution is 2.30. The van der Waals surface area contributed by atoms with Crippen molar-refractivity contribution in [1.82, 2.24) is 4.90 Å². The molecule has 3 nitrogen and oxygen atoms in total. The normalized spacial score (nSPS) is 26.2. The summed E-state index contributed by atoms with van der Waals surface area (Å²) in [4.78, 5) is 2.58. The molecule has 0 amide bonds. The number of nitrogens with zero attached hydrogens (tertiary/aromatic N) is 1. The standard InChI is InChI=1S/C13H28N2O/c1-5-16-10-13(4,9-14)15-8-6-7-12(15)11(2)3/h11-12H,5-10,14H2,1-4H3. The maximum atomic E-state index is 5.97. The van der Waals surface area contributed by atoms with E-state index in [9.17, 15) is 0 Å². The van der Waals surface area contributed by atoms with Crippen LogP contribution in [0.2, 0.25) is 0 Å². The van der Waals surface area contributed by atoms with Crippen molar-refractivity contribution in [2.45, 2.75) is 52.1 Å². The molecule has 1 fully saturated rings. The summed E-state index contributed by atoms with van der Waals surface area (Å²) in [6.07, 6.45) is 2.60. The second kappa shape index (κ2) is 5.99. The Bertz CT molecular complexity index is 208. The van der Waals surface area contributed by atoms with Gasteiger partial charge in [-0.25, -0.2) is 0 Å². The predicted molar refractivity (Wildman–Crippen MR) is 68.5 cm³/mol. The van der Waals surface area contributed by atoms with Gasteiger partial charge < -0.3 is 10.5 Å². The van der Waals surface area contributed by atoms with Gasteiger partial charge in [-0.05, 0) is 39.2 Å². The van der Waals surface area contributed by atoms with E-state index in [1.165, 1.54) is 19.4 Å². The maximum absolute atomic E-state index is 5.97. The van der Waals surface area contributed by atoms with Crippen molar-refractivity contribution in [2.24, 2.45) is 11.7 Å². The Labute approximate surface area is 100 Å². The van der Waals surface area contributed by atoms with Crippen LogP contribution in [0.3, 0.4) is 0 Å². The molecule has 1 aliphatic heterocycles. The summed E-state index contributed by atoms with van der Waals surface area (Å²) in [5, 5.41) is 0. The van der Waals surface area contributed by atoms with Crippen molar-refractivity contribution >= 4 is 0 Å². The first-order valence-electron chi connectivity index (χ1n) is 6.59. The molecule has 0 saturated carbocycles. The monoisotopic (exact) mass is 228 g/mol. The molecule has 16 heavy (non-hydrogen) atoms. The first-order valence-corrected chi connectivity index (χ1v) is 6.59. The molecule has 0 aliphatic carbocycles. The highest BCUT2D eigenvalue weighted by molar-refractivity contribution is 4.95. The smallest absolute Gasteiger partial charge is 0.0660 e. The highest BCUT2D eigenvalue weighted by atomic mass is 16.5. The van der Waals surface area contributed by atoms with Crippen LogP contribution in [0.15, 0.2) is 0 Å². The lowest BCUT2D eigenvalue weighted by Gasteiger charge is -2.43. The molecule has 0 aromatic carbocycles. The van der Waals surface area contributed by atoms with Gasteiger partial charge in [-0.2, -0.15) is 0 Å². The fraction of sp³-hybridized carbons (Fsp3) is 1.00. The Kier molecular flexibility index (Phi) is 5.22. The predicted octanol–water partition coefficient (Wildman–Crippen LogP) is 1.86. The van der Waals surface area contributed by atoms with Crippen molar-refractivity contribution in [3.63, 3.8) is 0 Å². The molecule has 0 aromatic rings. The molecule has 0 radical (unpaired) electrons. The highest BCUT2D eigenvalue weighted by Gasteiger charge is 2.39. The van der Waals surface area contributed by atoms with Crippen LogP contribution < -0.4 is 5.73 Å². The van der Waals surface area contributed by atoms with Crippen molar-refractivity contribution in [3.8, 4) is 0 Å². The van der Waals surface area contributed by atoms with Gasteiger partial charge in [0.25, 0.3) is 0 Å². The lowest BCUT2D eigenvalue weighted by molar-refractivity contribution is -0.00575. The van der Waals surface area contributed by atoms with E-state index in [0.29, 0.717) is 18.5 Å². The van der Waals surface area contributed by atoms with Gasteiger partial charge in [-0.1, -0.05) is 13.8 Å². The van der Waals surface area contributed by atoms with Gasteiger partial charge in [0.2, 0.25) is 0 Å². The second-order valence-corrected chi connectivity index (χ2v) is 5.49. The number of nitrogens with two attached hydrogens (primary N) is 1. The zero-order valence-corrected chi connectivity index (χ0v) is 11.3. The summed E-state index contributed by atoms with van der Waals surface area (Å²) in [5.74, 6) is 0.704. The van der Waals surface area contributed by atoms with Crippen LogP contribution in [0.1, 0.15) is 40.5 Å². The average Bonchev–Trinajstić information content (AvgIpc) is 2.75. The fourth-order valence-corrected chi connectivity index (χ4v) is 2.74. The molecule has 1 heterocycles. The quantitative estimate of drug-likeness (QED) is 0.754. The van der Waals surface area contributed by atoms with E-state index in [1.807, 2.05) is 6.92 Å². The minimum absolute atomic E-state index is 0.0153. The van der Waals surface area contributed by atoms with Crippen LogP contribution in [-0.4, -0.2) is 42.8 Å². The van der Waals surface area contributed by atoms with E-state index in [4.69, 9.17) is 10.5 Å². The van der Waals surface area contributed by atoms with Crippen LogP contribution in [0.25, 0.3) is 0 Å². The van der Waals surface area contributed by atoms with Crippen molar-refractivity contribution in [2.75, 3.05) is 26.3 Å². The van der Waals surface area contributed by atoms with Crippen LogP contribution in [-0.2, 0) is 4.74 Å². The molecule has 1 rings (SSSR count). The van der Waals surface area contributed by atoms with Crippen LogP contribution in [0.4, 0.5) is 0 Å². The van der Waals surface area contributed by atoms with E-state index >= 15 is 0 Å². The zero-order valence-electron chi connectivity index (χ0n) is 11.3. The minimum Gasteiger partial charge on any atom is -0.380 e. The summed E-state index contributed by atoms with van der Waals surface area (Å²) in [6, 6.07) is 0.675. The van der Waals surface area contributed by atoms with E-state index in [1.54, 1.807) is 0 Å². The zero-order chi connectivity index (χ0) is 12.2. The molecule has 0 spiro atoms. The largest absolute Gasteiger partial charge is 0.380 e. The number of rotatable bonds is 6. The first-order chi connectivity index (χ1) is 7.55. The van der Waals surface area contributed by atoms with Gasteiger partial charge in [0.15, 0.2) is 0 Å². The Morgan fingerprint density at radius 2 is 2.19 bits per heavy atom. The number of hydrogen-bond donors (Lipinski definition) is 1. The van der Waals surface area contributed by atoms with Gasteiger partial charge in [-0.3, -0.25) is 4.90 Å². The minimum atomic E-state index is 0.0153. The molecule has 0 aromatic heterocycles. The maximum Gasteiger partial charge on any atom is 0.0660 e. The fourth-order valence-electron chi connectivity index (χ4n) is 2.74. The topological polar surface area (TPSA) is 38.5 Å². The van der Waals surface area contributed by atoms with E-state index in [2.05, 4.69) is 25.7 Å². The van der Waals surface area contributed by atoms with Crippen molar-refractivity contribution < 1.29 is 4.74 Å². The van der Waals surface area contributed by atoms with Crippen LogP contribution in [0.5, 0.6) is 0 Å². The summed E-state index contributed by atoms with van der Waals surface area (Å²) in [5.41, 5.74) is 5.98. The molecule has 1 aliphatic rings. The second-order valence-electron chi connectivity index (χ2n) is 5.49. The van der Waals surface area contributed by atoms with Crippen molar-refractivity contribution in [3.05, 3.63) is 0 Å². The Hall–Kier alpha value is -0.120. The summed E-state index contributed by atoms with van der Waals surface area (Å²) < 4.78 is 5.61. The number of ether oxygens (including phenoxy) is 1. The number of likely N-dealkylation sites (tertiary alicyclic amines) is 1. The molecule has 96 valence electrons. The van der Waals surface area contributed by atoms with Gasteiger partial charge >= 0.3 is 0 Å². The number of hydrogen-bond acceptors (Lipinski definition) is 3. The first kappa shape index (κ1) is 13.9. The lowest BCUT2D eigenvalue weighted by atomic mass is 9.95. The Morgan fingerprint density at radius 3 is 2.69 bits per heavy atom. The lowest BCUT2D eigenvalue weighted by Crippen LogP contribution is -2.57. The third kappa shape index (κ3) is 2.96. The average molecular weight is 228 g/mol. The third-order valence-electron chi connectivity index (χ3n) is 3.82. The molecular formula is C13H28N2O. The SMILES string of the molecule is CCOCC(C)(CN)N1CCCC1C(C)C. The molecule has 2 atom stereocenters. The van der Waals surface area contributed by atoms with Gasteiger partial charge in [0.1, 0.15) is 0 Å². The summed E-state index contributed by atoms with van der Waals surface area (Å²) in [7, 11) is 0. The summed E-state index contributed by atoms with van der Waals surface area (Å²) in [6.45, 7) is 12.3. The molecule has 1 saturated heterocycles. The van der Waals surface area contributed by atoms with Crippen LogP contribution in [0, 0.1) is 5.92 Å². The van der Waals surface area contributed by atoms with Crippen LogP contribution >= 0.6 is 0 Å². The van der Waals surface area contributed by atoms with Gasteiger partial charge in [0.05, 0.1) is 12.1 Å². The van der Waals surface area contributed by atoms with E-state index < -0.39 is 0 Å². The Morgan fingerprint density at radius 1 is 1.50 bits per heavy atom. The molecular weight excluding hydrogens is 200 g/mol. The van der Waals surface area contributed by atoms with Crippen molar-refractivity contribution in [1.29, 1.82) is 0 Å². The molecule has 2 unspecified atom stereocenters. The van der Waals surface area contributed by atoms with E-state index in [0.717, 1.165) is 13.2 Å². The summed E-state index contributed by atoms with van der Waals surface area (Å²) >= 11 is 0. The Balaban J connectivity index is 2.69. The van der Waals surface area contributed by atoms with Gasteiger partial charge in [-0.15, -0.1) is 0 Å². The van der Waals surface area contributed by atoms with Gasteiger partial charge in [0, 0.05) is 19.2 Å². The third-order valence-corrected chi connectivity index (χ3v) is 3.82. The molecule has 2 N–H and O–H groups in total.